The van der Waals surface area contributed by atoms with Crippen LogP contribution in [0.2, 0.25) is 0 Å². The quantitative estimate of drug-likeness (QED) is 0.410. The van der Waals surface area contributed by atoms with Gasteiger partial charge in [-0.15, -0.1) is 0 Å². The normalized spacial score (nSPS) is 12.8. The van der Waals surface area contributed by atoms with Gasteiger partial charge in [0.1, 0.15) is 0 Å². The molecule has 1 aliphatic heterocycles. The van der Waals surface area contributed by atoms with Crippen LogP contribution in [0.4, 0.5) is 0 Å². The summed E-state index contributed by atoms with van der Waals surface area (Å²) >= 11 is -1.61. The van der Waals surface area contributed by atoms with Crippen LogP contribution in [0.25, 0.3) is 11.1 Å². The van der Waals surface area contributed by atoms with Gasteiger partial charge in [-0.3, -0.25) is 0 Å². The fourth-order valence-electron chi connectivity index (χ4n) is 3.42. The van der Waals surface area contributed by atoms with Crippen molar-refractivity contribution in [3.8, 4) is 22.6 Å². The second-order valence-corrected chi connectivity index (χ2v) is 10.8. The standard InChI is InChI=1S/C24H17AsO/c1-2-8-18(9-3-1)19-14-16-20(17-15-19)25-21-10-4-6-12-23(21)26-24-13-7-5-11-22(24)25/h1-17H. The Morgan fingerprint density at radius 1 is 0.462 bits per heavy atom. The molecule has 0 saturated carbocycles. The van der Waals surface area contributed by atoms with Gasteiger partial charge in [-0.1, -0.05) is 0 Å². The Morgan fingerprint density at radius 3 is 1.58 bits per heavy atom. The summed E-state index contributed by atoms with van der Waals surface area (Å²) in [7, 11) is 0. The van der Waals surface area contributed by atoms with Crippen LogP contribution in [0.15, 0.2) is 103 Å². The predicted molar refractivity (Wildman–Crippen MR) is 109 cm³/mol. The van der Waals surface area contributed by atoms with Gasteiger partial charge < -0.3 is 0 Å². The molecule has 0 unspecified atom stereocenters. The van der Waals surface area contributed by atoms with E-state index in [9.17, 15) is 0 Å². The second-order valence-electron chi connectivity index (χ2n) is 6.29. The molecular weight excluding hydrogens is 379 g/mol. The van der Waals surface area contributed by atoms with Gasteiger partial charge in [-0.05, 0) is 0 Å². The Morgan fingerprint density at radius 2 is 0.962 bits per heavy atom. The average Bonchev–Trinajstić information content (AvgIpc) is 2.73. The number of fused-ring (bicyclic) bond motifs is 2. The van der Waals surface area contributed by atoms with Gasteiger partial charge in [-0.25, -0.2) is 0 Å². The first-order valence-electron chi connectivity index (χ1n) is 8.72. The molecule has 1 aliphatic rings. The van der Waals surface area contributed by atoms with E-state index in [1.807, 2.05) is 0 Å². The maximum atomic E-state index is 6.16. The first kappa shape index (κ1) is 15.5. The third-order valence-corrected chi connectivity index (χ3v) is 9.95. The van der Waals surface area contributed by atoms with E-state index in [2.05, 4.69) is 103 Å². The molecule has 4 aromatic carbocycles. The van der Waals surface area contributed by atoms with Crippen molar-refractivity contribution in [1.29, 1.82) is 0 Å². The molecule has 0 fully saturated rings. The van der Waals surface area contributed by atoms with E-state index in [0.717, 1.165) is 11.5 Å². The molecule has 1 heterocycles. The summed E-state index contributed by atoms with van der Waals surface area (Å²) in [6.45, 7) is 0. The maximum absolute atomic E-state index is 6.16. The summed E-state index contributed by atoms with van der Waals surface area (Å²) < 4.78 is 10.3. The van der Waals surface area contributed by atoms with Crippen LogP contribution in [0.5, 0.6) is 11.5 Å². The van der Waals surface area contributed by atoms with Crippen LogP contribution < -0.4 is 17.8 Å². The zero-order valence-electron chi connectivity index (χ0n) is 14.2. The van der Waals surface area contributed by atoms with Crippen molar-refractivity contribution in [3.63, 3.8) is 0 Å². The molecule has 1 nitrogen and oxygen atoms in total. The molecule has 0 saturated heterocycles. The number of hydrogen-bond acceptors (Lipinski definition) is 1. The summed E-state index contributed by atoms with van der Waals surface area (Å²) in [5.41, 5.74) is 2.52. The minimum absolute atomic E-state index is 1.01. The van der Waals surface area contributed by atoms with E-state index in [1.165, 1.54) is 24.2 Å². The van der Waals surface area contributed by atoms with Gasteiger partial charge in [0, 0.05) is 0 Å². The van der Waals surface area contributed by atoms with Crippen molar-refractivity contribution in [2.24, 2.45) is 0 Å². The van der Waals surface area contributed by atoms with Crippen molar-refractivity contribution in [2.45, 2.75) is 0 Å². The molecule has 124 valence electrons. The van der Waals surface area contributed by atoms with Gasteiger partial charge in [0.2, 0.25) is 0 Å². The van der Waals surface area contributed by atoms with Crippen molar-refractivity contribution in [3.05, 3.63) is 103 Å². The van der Waals surface area contributed by atoms with Gasteiger partial charge in [0.15, 0.2) is 0 Å². The summed E-state index contributed by atoms with van der Waals surface area (Å²) in [4.78, 5) is 0. The summed E-state index contributed by atoms with van der Waals surface area (Å²) in [6.07, 6.45) is 0. The fourth-order valence-corrected chi connectivity index (χ4v) is 8.48. The zero-order chi connectivity index (χ0) is 17.3. The Hall–Kier alpha value is -2.76. The Labute approximate surface area is 158 Å². The molecule has 0 radical (unpaired) electrons. The van der Waals surface area contributed by atoms with E-state index >= 15 is 0 Å². The van der Waals surface area contributed by atoms with Crippen molar-refractivity contribution < 1.29 is 4.74 Å². The van der Waals surface area contributed by atoms with Crippen LogP contribution in [0, 0.1) is 0 Å². The first-order valence-corrected chi connectivity index (χ1v) is 11.5. The monoisotopic (exact) mass is 396 g/mol. The summed E-state index contributed by atoms with van der Waals surface area (Å²) in [5.74, 6) is 2.02. The Bertz CT molecular complexity index is 1010. The number of ether oxygens (including phenoxy) is 1. The van der Waals surface area contributed by atoms with E-state index in [-0.39, 0.29) is 0 Å². The van der Waals surface area contributed by atoms with Crippen molar-refractivity contribution in [1.82, 2.24) is 0 Å². The SMILES string of the molecule is c1ccc(-c2ccc([As]3c4ccccc4Oc4ccccc43)cc2)cc1. The molecule has 2 heteroatoms. The molecule has 0 bridgehead atoms. The molecule has 26 heavy (non-hydrogen) atoms. The number of para-hydroxylation sites is 2. The number of hydrogen-bond donors (Lipinski definition) is 0. The van der Waals surface area contributed by atoms with Gasteiger partial charge >= 0.3 is 158 Å². The van der Waals surface area contributed by atoms with E-state index in [4.69, 9.17) is 4.74 Å². The van der Waals surface area contributed by atoms with E-state index < -0.39 is 14.7 Å². The Balaban J connectivity index is 1.62. The summed E-state index contributed by atoms with van der Waals surface area (Å²) in [5, 5.41) is 0. The van der Waals surface area contributed by atoms with Crippen molar-refractivity contribution in [2.75, 3.05) is 0 Å². The Kier molecular flexibility index (Phi) is 3.88. The predicted octanol–water partition coefficient (Wildman–Crippen LogP) is 3.98. The van der Waals surface area contributed by atoms with Gasteiger partial charge in [0.05, 0.1) is 0 Å². The molecule has 0 spiro atoms. The summed E-state index contributed by atoms with van der Waals surface area (Å²) in [6, 6.07) is 36.7. The molecule has 4 aromatic rings. The average molecular weight is 396 g/mol. The van der Waals surface area contributed by atoms with Gasteiger partial charge in [-0.2, -0.15) is 0 Å². The van der Waals surface area contributed by atoms with Crippen LogP contribution >= 0.6 is 0 Å². The van der Waals surface area contributed by atoms with E-state index in [0.29, 0.717) is 0 Å². The minimum atomic E-state index is -1.61. The van der Waals surface area contributed by atoms with E-state index in [1.54, 1.807) is 0 Å². The fraction of sp³-hybridized carbons (Fsp3) is 0. The zero-order valence-corrected chi connectivity index (χ0v) is 16.0. The molecule has 0 N–H and O–H groups in total. The second kappa shape index (κ2) is 6.52. The molecule has 0 amide bonds. The first-order chi connectivity index (χ1) is 12.9. The number of benzene rings is 4. The molecular formula is C24H17AsO. The molecule has 5 rings (SSSR count). The topological polar surface area (TPSA) is 9.23 Å². The van der Waals surface area contributed by atoms with Crippen LogP contribution in [-0.2, 0) is 0 Å². The third kappa shape index (κ3) is 2.66. The molecule has 0 atom stereocenters. The molecule has 0 aliphatic carbocycles. The van der Waals surface area contributed by atoms with Crippen LogP contribution in [-0.4, -0.2) is 14.7 Å². The van der Waals surface area contributed by atoms with Crippen molar-refractivity contribution >= 4 is 27.7 Å². The number of rotatable bonds is 2. The van der Waals surface area contributed by atoms with Crippen LogP contribution in [0.1, 0.15) is 0 Å². The molecule has 0 aromatic heterocycles. The van der Waals surface area contributed by atoms with Gasteiger partial charge in [0.25, 0.3) is 0 Å². The van der Waals surface area contributed by atoms with Crippen LogP contribution in [0.3, 0.4) is 0 Å². The third-order valence-electron chi connectivity index (χ3n) is 4.66.